The lowest BCUT2D eigenvalue weighted by Crippen LogP contribution is -2.30. The molecule has 0 aromatic heterocycles. The van der Waals surface area contributed by atoms with Gasteiger partial charge in [-0.25, -0.2) is 0 Å². The molecule has 0 saturated carbocycles. The standard InChI is InChI=1S/C69H124O6/c1-4-7-10-13-16-19-21-23-25-27-29-30-31-32-33-34-35-36-37-38-39-41-42-44-46-48-50-53-56-59-62-68(71)74-65-66(64-73-67(70)61-58-55-52-18-15-12-9-6-3)75-69(72)63-60-57-54-51-49-47-45-43-40-28-26-24-22-20-17-14-11-8-5-2/h8,11,17,20,24,26,40,43,47,49,66H,4-7,9-10,12-16,18-19,21-23,25,27-39,41-42,44-46,48,50-65H2,1-3H3/b11-8-,20-17-,26-24-,43-40-,49-47-. The van der Waals surface area contributed by atoms with Crippen molar-refractivity contribution in [2.45, 2.75) is 348 Å². The lowest BCUT2D eigenvalue weighted by molar-refractivity contribution is -0.167. The van der Waals surface area contributed by atoms with E-state index < -0.39 is 6.10 Å². The molecule has 75 heavy (non-hydrogen) atoms. The van der Waals surface area contributed by atoms with Gasteiger partial charge in [0.25, 0.3) is 0 Å². The van der Waals surface area contributed by atoms with Gasteiger partial charge in [0.15, 0.2) is 6.10 Å². The Labute approximate surface area is 466 Å². The highest BCUT2D eigenvalue weighted by molar-refractivity contribution is 5.71. The summed E-state index contributed by atoms with van der Waals surface area (Å²) in [5.41, 5.74) is 0. The van der Waals surface area contributed by atoms with Crippen LogP contribution in [0.5, 0.6) is 0 Å². The van der Waals surface area contributed by atoms with Crippen LogP contribution in [-0.2, 0) is 28.6 Å². The van der Waals surface area contributed by atoms with E-state index in [4.69, 9.17) is 14.2 Å². The smallest absolute Gasteiger partial charge is 0.306 e. The molecule has 0 saturated heterocycles. The number of hydrogen-bond acceptors (Lipinski definition) is 6. The van der Waals surface area contributed by atoms with Crippen LogP contribution in [0.15, 0.2) is 60.8 Å². The van der Waals surface area contributed by atoms with Gasteiger partial charge in [-0.05, 0) is 64.2 Å². The summed E-state index contributed by atoms with van der Waals surface area (Å²) in [4.78, 5) is 38.1. The molecule has 0 aromatic rings. The highest BCUT2D eigenvalue weighted by Gasteiger charge is 2.19. The Morgan fingerprint density at radius 3 is 0.813 bits per heavy atom. The molecular formula is C69H124O6. The fourth-order valence-electron chi connectivity index (χ4n) is 9.65. The molecule has 0 bridgehead atoms. The summed E-state index contributed by atoms with van der Waals surface area (Å²) in [5, 5.41) is 0. The van der Waals surface area contributed by atoms with Gasteiger partial charge in [0.05, 0.1) is 0 Å². The Bertz CT molecular complexity index is 1340. The molecule has 6 nitrogen and oxygen atoms in total. The van der Waals surface area contributed by atoms with Crippen molar-refractivity contribution >= 4 is 17.9 Å². The predicted octanol–water partition coefficient (Wildman–Crippen LogP) is 22.3. The van der Waals surface area contributed by atoms with E-state index in [-0.39, 0.29) is 31.1 Å². The highest BCUT2D eigenvalue weighted by Crippen LogP contribution is 2.18. The minimum Gasteiger partial charge on any atom is -0.462 e. The van der Waals surface area contributed by atoms with Crippen LogP contribution in [-0.4, -0.2) is 37.2 Å². The maximum absolute atomic E-state index is 12.8. The molecule has 0 heterocycles. The topological polar surface area (TPSA) is 78.9 Å². The van der Waals surface area contributed by atoms with Crippen molar-refractivity contribution in [1.29, 1.82) is 0 Å². The van der Waals surface area contributed by atoms with Crippen molar-refractivity contribution in [3.8, 4) is 0 Å². The summed E-state index contributed by atoms with van der Waals surface area (Å²) < 4.78 is 16.8. The van der Waals surface area contributed by atoms with E-state index in [1.807, 2.05) is 0 Å². The number of allylic oxidation sites excluding steroid dienone is 10. The average molecular weight is 1050 g/mol. The number of unbranched alkanes of at least 4 members (excludes halogenated alkanes) is 39. The monoisotopic (exact) mass is 1050 g/mol. The SMILES string of the molecule is CC/C=C\C/C=C\C/C=C\C/C=C\C/C=C\CCCCCC(=O)OC(COC(=O)CCCCCCCCCC)COC(=O)CCCCCCCCCCCCCCCCCCCCCCCCCCCCCCCC. The third-order valence-corrected chi connectivity index (χ3v) is 14.5. The zero-order valence-corrected chi connectivity index (χ0v) is 50.1. The minimum atomic E-state index is -0.788. The Balaban J connectivity index is 4.09. The van der Waals surface area contributed by atoms with Gasteiger partial charge in [0, 0.05) is 19.3 Å². The second kappa shape index (κ2) is 63.6. The zero-order valence-electron chi connectivity index (χ0n) is 50.1. The molecule has 0 aliphatic rings. The summed E-state index contributed by atoms with van der Waals surface area (Å²) in [7, 11) is 0. The summed E-state index contributed by atoms with van der Waals surface area (Å²) in [6, 6.07) is 0. The number of esters is 3. The van der Waals surface area contributed by atoms with E-state index in [2.05, 4.69) is 81.5 Å². The maximum atomic E-state index is 12.8. The molecule has 0 rings (SSSR count). The Kier molecular flexibility index (Phi) is 61.2. The largest absolute Gasteiger partial charge is 0.462 e. The van der Waals surface area contributed by atoms with Crippen molar-refractivity contribution in [3.63, 3.8) is 0 Å². The molecule has 0 fully saturated rings. The summed E-state index contributed by atoms with van der Waals surface area (Å²) >= 11 is 0. The molecule has 0 spiro atoms. The highest BCUT2D eigenvalue weighted by atomic mass is 16.6. The van der Waals surface area contributed by atoms with Gasteiger partial charge in [0.1, 0.15) is 13.2 Å². The molecule has 436 valence electrons. The van der Waals surface area contributed by atoms with Gasteiger partial charge in [-0.15, -0.1) is 0 Å². The molecule has 0 radical (unpaired) electrons. The fourth-order valence-corrected chi connectivity index (χ4v) is 9.65. The first-order chi connectivity index (χ1) is 37.0. The molecule has 0 aliphatic carbocycles. The van der Waals surface area contributed by atoms with Crippen molar-refractivity contribution in [2.75, 3.05) is 13.2 Å². The summed E-state index contributed by atoms with van der Waals surface area (Å²) in [6.45, 7) is 6.51. The van der Waals surface area contributed by atoms with Gasteiger partial charge in [-0.1, -0.05) is 319 Å². The maximum Gasteiger partial charge on any atom is 0.306 e. The van der Waals surface area contributed by atoms with Crippen molar-refractivity contribution in [2.24, 2.45) is 0 Å². The number of hydrogen-bond donors (Lipinski definition) is 0. The first-order valence-corrected chi connectivity index (χ1v) is 32.8. The van der Waals surface area contributed by atoms with E-state index in [0.29, 0.717) is 19.3 Å². The van der Waals surface area contributed by atoms with E-state index >= 15 is 0 Å². The van der Waals surface area contributed by atoms with Crippen LogP contribution in [0.25, 0.3) is 0 Å². The molecule has 0 aliphatic heterocycles. The van der Waals surface area contributed by atoms with Crippen LogP contribution in [0.2, 0.25) is 0 Å². The van der Waals surface area contributed by atoms with Gasteiger partial charge in [0.2, 0.25) is 0 Å². The minimum absolute atomic E-state index is 0.0841. The van der Waals surface area contributed by atoms with Gasteiger partial charge in [-0.3, -0.25) is 14.4 Å². The third-order valence-electron chi connectivity index (χ3n) is 14.5. The lowest BCUT2D eigenvalue weighted by Gasteiger charge is -2.18. The number of carbonyl (C=O) groups is 3. The summed E-state index contributed by atoms with van der Waals surface area (Å²) in [5.74, 6) is -0.905. The Morgan fingerprint density at radius 1 is 0.280 bits per heavy atom. The third kappa shape index (κ3) is 61.8. The molecule has 0 amide bonds. The zero-order chi connectivity index (χ0) is 54.3. The van der Waals surface area contributed by atoms with Gasteiger partial charge in [-0.2, -0.15) is 0 Å². The molecule has 0 aromatic carbocycles. The summed E-state index contributed by atoms with van der Waals surface area (Å²) in [6.07, 6.45) is 81.3. The lowest BCUT2D eigenvalue weighted by atomic mass is 10.0. The van der Waals surface area contributed by atoms with Crippen LogP contribution in [0.1, 0.15) is 342 Å². The van der Waals surface area contributed by atoms with Crippen LogP contribution in [0, 0.1) is 0 Å². The normalized spacial score (nSPS) is 12.4. The molecule has 6 heteroatoms. The van der Waals surface area contributed by atoms with Crippen LogP contribution in [0.3, 0.4) is 0 Å². The van der Waals surface area contributed by atoms with Crippen LogP contribution in [0.4, 0.5) is 0 Å². The fraction of sp³-hybridized carbons (Fsp3) is 0.812. The molecular weight excluding hydrogens is 925 g/mol. The second-order valence-electron chi connectivity index (χ2n) is 22.0. The van der Waals surface area contributed by atoms with Crippen LogP contribution < -0.4 is 0 Å². The molecule has 1 unspecified atom stereocenters. The number of carbonyl (C=O) groups excluding carboxylic acids is 3. The quantitative estimate of drug-likeness (QED) is 0.0261. The van der Waals surface area contributed by atoms with Crippen molar-refractivity contribution < 1.29 is 28.6 Å². The second-order valence-corrected chi connectivity index (χ2v) is 22.0. The Hall–Kier alpha value is -2.89. The van der Waals surface area contributed by atoms with Gasteiger partial charge >= 0.3 is 17.9 Å². The van der Waals surface area contributed by atoms with E-state index in [1.165, 1.54) is 205 Å². The van der Waals surface area contributed by atoms with E-state index in [0.717, 1.165) is 96.3 Å². The first-order valence-electron chi connectivity index (χ1n) is 32.8. The predicted molar refractivity (Wildman–Crippen MR) is 325 cm³/mol. The van der Waals surface area contributed by atoms with Crippen LogP contribution >= 0.6 is 0 Å². The number of rotatable bonds is 60. The van der Waals surface area contributed by atoms with Gasteiger partial charge < -0.3 is 14.2 Å². The average Bonchev–Trinajstić information content (AvgIpc) is 3.41. The molecule has 1 atom stereocenters. The Morgan fingerprint density at radius 2 is 0.520 bits per heavy atom. The van der Waals surface area contributed by atoms with Crippen molar-refractivity contribution in [3.05, 3.63) is 60.8 Å². The first kappa shape index (κ1) is 72.1. The van der Waals surface area contributed by atoms with E-state index in [1.54, 1.807) is 0 Å². The number of ether oxygens (including phenoxy) is 3. The van der Waals surface area contributed by atoms with E-state index in [9.17, 15) is 14.4 Å². The molecule has 0 N–H and O–H groups in total. The van der Waals surface area contributed by atoms with Crippen molar-refractivity contribution in [1.82, 2.24) is 0 Å².